The molecule has 162 valence electrons. The third kappa shape index (κ3) is 4.87. The number of carbonyl (C=O) groups is 3. The van der Waals surface area contributed by atoms with Gasteiger partial charge in [0.05, 0.1) is 5.92 Å². The van der Waals surface area contributed by atoms with Crippen molar-refractivity contribution in [2.75, 3.05) is 19.7 Å². The first-order chi connectivity index (χ1) is 15.0. The summed E-state index contributed by atoms with van der Waals surface area (Å²) in [4.78, 5) is 34.7. The van der Waals surface area contributed by atoms with Gasteiger partial charge in [0.15, 0.2) is 0 Å². The maximum atomic E-state index is 12.1. The van der Waals surface area contributed by atoms with Crippen LogP contribution in [0.2, 0.25) is 0 Å². The monoisotopic (exact) mass is 422 g/mol. The lowest BCUT2D eigenvalue weighted by Crippen LogP contribution is -2.29. The zero-order valence-electron chi connectivity index (χ0n) is 17.2. The molecule has 31 heavy (non-hydrogen) atoms. The van der Waals surface area contributed by atoms with E-state index in [1.54, 1.807) is 0 Å². The van der Waals surface area contributed by atoms with Gasteiger partial charge in [0, 0.05) is 25.4 Å². The molecule has 2 aliphatic carbocycles. The quantitative estimate of drug-likeness (QED) is 0.539. The van der Waals surface area contributed by atoms with E-state index in [1.807, 2.05) is 24.3 Å². The molecule has 2 aromatic rings. The van der Waals surface area contributed by atoms with E-state index in [-0.39, 0.29) is 36.7 Å². The van der Waals surface area contributed by atoms with Gasteiger partial charge in [-0.15, -0.1) is 0 Å². The Morgan fingerprint density at radius 2 is 1.61 bits per heavy atom. The number of alkyl carbamates (subject to hydrolysis) is 1. The van der Waals surface area contributed by atoms with Gasteiger partial charge in [-0.1, -0.05) is 48.5 Å². The Labute approximate surface area is 180 Å². The number of carbonyl (C=O) groups excluding carboxylic acids is 2. The van der Waals surface area contributed by atoms with Crippen molar-refractivity contribution in [3.63, 3.8) is 0 Å². The normalized spacial score (nSPS) is 18.6. The summed E-state index contributed by atoms with van der Waals surface area (Å²) >= 11 is 0. The molecule has 0 aromatic heterocycles. The molecule has 1 saturated carbocycles. The molecule has 2 unspecified atom stereocenters. The fourth-order valence-corrected chi connectivity index (χ4v) is 4.20. The Hall–Kier alpha value is -3.35. The van der Waals surface area contributed by atoms with Crippen LogP contribution in [-0.2, 0) is 14.3 Å². The summed E-state index contributed by atoms with van der Waals surface area (Å²) in [6, 6.07) is 16.3. The zero-order chi connectivity index (χ0) is 21.8. The van der Waals surface area contributed by atoms with E-state index in [4.69, 9.17) is 9.84 Å². The summed E-state index contributed by atoms with van der Waals surface area (Å²) in [5, 5.41) is 14.3. The Bertz CT molecular complexity index is 944. The molecule has 7 heteroatoms. The number of fused-ring (bicyclic) bond motifs is 3. The Morgan fingerprint density at radius 1 is 0.968 bits per heavy atom. The first-order valence-corrected chi connectivity index (χ1v) is 10.6. The fraction of sp³-hybridized carbons (Fsp3) is 0.375. The van der Waals surface area contributed by atoms with E-state index in [0.717, 1.165) is 11.1 Å². The van der Waals surface area contributed by atoms with Gasteiger partial charge in [-0.25, -0.2) is 4.79 Å². The number of nitrogens with one attached hydrogen (secondary N) is 2. The standard InChI is InChI=1S/C24H26N2O5/c27-22(26-13-15-12-20(15)23(28)29)10-5-11-25-24(30)31-14-21-18-8-3-1-6-16(18)17-7-2-4-9-19(17)21/h1-4,6-9,15,20-21H,5,10-14H2,(H,25,30)(H,26,27)(H,28,29). The SMILES string of the molecule is O=C(CCCNC(=O)OCC1c2ccccc2-c2ccccc21)NCC1CC1C(=O)O. The molecule has 7 nitrogen and oxygen atoms in total. The molecule has 2 atom stereocenters. The highest BCUT2D eigenvalue weighted by atomic mass is 16.5. The van der Waals surface area contributed by atoms with Gasteiger partial charge in [0.2, 0.25) is 5.91 Å². The molecule has 2 aromatic carbocycles. The van der Waals surface area contributed by atoms with Crippen LogP contribution in [0.3, 0.4) is 0 Å². The van der Waals surface area contributed by atoms with Crippen molar-refractivity contribution in [2.24, 2.45) is 11.8 Å². The van der Waals surface area contributed by atoms with E-state index >= 15 is 0 Å². The smallest absolute Gasteiger partial charge is 0.407 e. The predicted molar refractivity (Wildman–Crippen MR) is 115 cm³/mol. The molecule has 2 amide bonds. The molecule has 0 radical (unpaired) electrons. The third-order valence-electron chi connectivity index (χ3n) is 5.99. The van der Waals surface area contributed by atoms with Crippen LogP contribution in [0.5, 0.6) is 0 Å². The second-order valence-corrected chi connectivity index (χ2v) is 8.10. The molecule has 4 rings (SSSR count). The summed E-state index contributed by atoms with van der Waals surface area (Å²) in [5.41, 5.74) is 4.68. The largest absolute Gasteiger partial charge is 0.481 e. The minimum Gasteiger partial charge on any atom is -0.481 e. The van der Waals surface area contributed by atoms with Crippen molar-refractivity contribution in [1.82, 2.24) is 10.6 Å². The summed E-state index contributed by atoms with van der Waals surface area (Å²) in [6.45, 7) is 0.993. The molecule has 0 heterocycles. The maximum Gasteiger partial charge on any atom is 0.407 e. The Kier molecular flexibility index (Phi) is 6.21. The molecule has 0 bridgehead atoms. The highest BCUT2D eigenvalue weighted by Gasteiger charge is 2.42. The van der Waals surface area contributed by atoms with Gasteiger partial charge in [-0.2, -0.15) is 0 Å². The van der Waals surface area contributed by atoms with Crippen LogP contribution in [0.1, 0.15) is 36.3 Å². The van der Waals surface area contributed by atoms with E-state index in [1.165, 1.54) is 11.1 Å². The van der Waals surface area contributed by atoms with Crippen molar-refractivity contribution < 1.29 is 24.2 Å². The van der Waals surface area contributed by atoms with Crippen LogP contribution in [0.15, 0.2) is 48.5 Å². The number of aliphatic carboxylic acids is 1. The van der Waals surface area contributed by atoms with E-state index in [2.05, 4.69) is 34.9 Å². The van der Waals surface area contributed by atoms with E-state index in [9.17, 15) is 14.4 Å². The van der Waals surface area contributed by atoms with Crippen molar-refractivity contribution >= 4 is 18.0 Å². The fourth-order valence-electron chi connectivity index (χ4n) is 4.20. The first-order valence-electron chi connectivity index (χ1n) is 10.6. The summed E-state index contributed by atoms with van der Waals surface area (Å²) in [5.74, 6) is -1.20. The number of hydrogen-bond acceptors (Lipinski definition) is 4. The first kappa shape index (κ1) is 20.9. The molecule has 2 aliphatic rings. The van der Waals surface area contributed by atoms with E-state index < -0.39 is 12.1 Å². The Balaban J connectivity index is 1.16. The lowest BCUT2D eigenvalue weighted by atomic mass is 9.98. The average molecular weight is 422 g/mol. The van der Waals surface area contributed by atoms with Crippen LogP contribution in [0, 0.1) is 11.8 Å². The van der Waals surface area contributed by atoms with E-state index in [0.29, 0.717) is 25.9 Å². The third-order valence-corrected chi connectivity index (χ3v) is 5.99. The van der Waals surface area contributed by atoms with Gasteiger partial charge < -0.3 is 20.5 Å². The lowest BCUT2D eigenvalue weighted by Gasteiger charge is -2.14. The summed E-state index contributed by atoms with van der Waals surface area (Å²) < 4.78 is 5.46. The van der Waals surface area contributed by atoms with Gasteiger partial charge in [0.25, 0.3) is 0 Å². The highest BCUT2D eigenvalue weighted by molar-refractivity contribution is 5.79. The number of benzene rings is 2. The number of rotatable bonds is 9. The molecule has 0 spiro atoms. The number of hydrogen-bond donors (Lipinski definition) is 3. The van der Waals surface area contributed by atoms with Gasteiger partial charge in [0.1, 0.15) is 6.61 Å². The predicted octanol–water partition coefficient (Wildman–Crippen LogP) is 3.14. The van der Waals surface area contributed by atoms with Crippen molar-refractivity contribution in [2.45, 2.75) is 25.2 Å². The summed E-state index contributed by atoms with van der Waals surface area (Å²) in [7, 11) is 0. The van der Waals surface area contributed by atoms with Crippen molar-refractivity contribution in [3.05, 3.63) is 59.7 Å². The topological polar surface area (TPSA) is 105 Å². The lowest BCUT2D eigenvalue weighted by molar-refractivity contribution is -0.139. The van der Waals surface area contributed by atoms with Gasteiger partial charge in [-0.05, 0) is 41.0 Å². The second kappa shape index (κ2) is 9.20. The number of carboxylic acids is 1. The zero-order valence-corrected chi connectivity index (χ0v) is 17.2. The number of amides is 2. The summed E-state index contributed by atoms with van der Waals surface area (Å²) in [6.07, 6.45) is 0.889. The second-order valence-electron chi connectivity index (χ2n) is 8.10. The number of ether oxygens (including phenoxy) is 1. The number of carboxylic acid groups (broad SMARTS) is 1. The Morgan fingerprint density at radius 3 is 2.23 bits per heavy atom. The van der Waals surface area contributed by atoms with Crippen molar-refractivity contribution in [1.29, 1.82) is 0 Å². The minimum atomic E-state index is -0.799. The molecule has 0 aliphatic heterocycles. The molecular weight excluding hydrogens is 396 g/mol. The van der Waals surface area contributed by atoms with Crippen molar-refractivity contribution in [3.8, 4) is 11.1 Å². The van der Waals surface area contributed by atoms with Crippen LogP contribution in [0.4, 0.5) is 4.79 Å². The minimum absolute atomic E-state index is 0.0148. The maximum absolute atomic E-state index is 12.1. The van der Waals surface area contributed by atoms with Crippen LogP contribution in [0.25, 0.3) is 11.1 Å². The molecule has 0 saturated heterocycles. The van der Waals surface area contributed by atoms with Crippen LogP contribution < -0.4 is 10.6 Å². The van der Waals surface area contributed by atoms with Gasteiger partial charge >= 0.3 is 12.1 Å². The molecule has 1 fully saturated rings. The highest BCUT2D eigenvalue weighted by Crippen LogP contribution is 2.44. The van der Waals surface area contributed by atoms with Crippen LogP contribution >= 0.6 is 0 Å². The van der Waals surface area contributed by atoms with Gasteiger partial charge in [-0.3, -0.25) is 9.59 Å². The average Bonchev–Trinajstić information content (AvgIpc) is 3.50. The van der Waals surface area contributed by atoms with Crippen LogP contribution in [-0.4, -0.2) is 42.8 Å². The molecule has 3 N–H and O–H groups in total. The molecular formula is C24H26N2O5.